The molecule has 0 aliphatic carbocycles. The van der Waals surface area contributed by atoms with Gasteiger partial charge in [0.1, 0.15) is 17.5 Å². The zero-order valence-corrected chi connectivity index (χ0v) is 12.1. The van der Waals surface area contributed by atoms with Crippen LogP contribution in [-0.4, -0.2) is 6.54 Å². The lowest BCUT2D eigenvalue weighted by Crippen LogP contribution is -2.14. The zero-order valence-electron chi connectivity index (χ0n) is 12.1. The fraction of sp³-hybridized carbons (Fsp3) is 0.294. The molecule has 2 aromatic carbocycles. The van der Waals surface area contributed by atoms with E-state index in [1.807, 2.05) is 6.92 Å². The smallest absolute Gasteiger partial charge is 0.136 e. The number of benzene rings is 2. The molecule has 0 fully saturated rings. The lowest BCUT2D eigenvalue weighted by molar-refractivity contribution is 0.579. The van der Waals surface area contributed by atoms with Crippen LogP contribution in [0.3, 0.4) is 0 Å². The highest BCUT2D eigenvalue weighted by molar-refractivity contribution is 5.66. The van der Waals surface area contributed by atoms with Crippen molar-refractivity contribution in [3.8, 4) is 11.1 Å². The molecule has 1 N–H and O–H groups in total. The molecule has 2 aromatic rings. The highest BCUT2D eigenvalue weighted by Crippen LogP contribution is 2.29. The number of hydrogen-bond donors (Lipinski definition) is 1. The minimum absolute atomic E-state index is 0.105. The lowest BCUT2D eigenvalue weighted by Gasteiger charge is -2.11. The maximum Gasteiger partial charge on any atom is 0.136 e. The average molecular weight is 293 g/mol. The molecule has 0 aromatic heterocycles. The Morgan fingerprint density at radius 2 is 1.71 bits per heavy atom. The zero-order chi connectivity index (χ0) is 15.4. The van der Waals surface area contributed by atoms with Gasteiger partial charge in [-0.25, -0.2) is 13.2 Å². The first-order valence-electron chi connectivity index (χ1n) is 6.98. The Morgan fingerprint density at radius 3 is 2.43 bits per heavy atom. The van der Waals surface area contributed by atoms with Gasteiger partial charge >= 0.3 is 0 Å². The van der Waals surface area contributed by atoms with Crippen molar-refractivity contribution < 1.29 is 13.2 Å². The van der Waals surface area contributed by atoms with E-state index in [1.165, 1.54) is 30.3 Å². The lowest BCUT2D eigenvalue weighted by atomic mass is 9.99. The van der Waals surface area contributed by atoms with Crippen molar-refractivity contribution in [2.75, 3.05) is 6.54 Å². The molecule has 0 bridgehead atoms. The molecule has 0 spiro atoms. The molecule has 0 saturated heterocycles. The van der Waals surface area contributed by atoms with Crippen LogP contribution < -0.4 is 5.32 Å². The predicted molar refractivity (Wildman–Crippen MR) is 78.5 cm³/mol. The van der Waals surface area contributed by atoms with Crippen molar-refractivity contribution >= 4 is 0 Å². The quantitative estimate of drug-likeness (QED) is 0.796. The molecule has 0 saturated carbocycles. The van der Waals surface area contributed by atoms with E-state index in [4.69, 9.17) is 0 Å². The van der Waals surface area contributed by atoms with Gasteiger partial charge in [-0.1, -0.05) is 19.1 Å². The van der Waals surface area contributed by atoms with Crippen LogP contribution in [-0.2, 0) is 6.54 Å². The third kappa shape index (κ3) is 3.45. The van der Waals surface area contributed by atoms with E-state index in [-0.39, 0.29) is 11.4 Å². The van der Waals surface area contributed by atoms with E-state index in [9.17, 15) is 13.2 Å². The second-order valence-corrected chi connectivity index (χ2v) is 5.04. The van der Waals surface area contributed by atoms with Gasteiger partial charge in [-0.05, 0) is 49.2 Å². The Bertz CT molecular complexity index is 638. The van der Waals surface area contributed by atoms with E-state index in [2.05, 4.69) is 5.32 Å². The number of aryl methyl sites for hydroxylation is 1. The molecule has 0 atom stereocenters. The first kappa shape index (κ1) is 15.6. The highest BCUT2D eigenvalue weighted by Gasteiger charge is 2.15. The predicted octanol–water partition coefficient (Wildman–Crippen LogP) is 4.58. The summed E-state index contributed by atoms with van der Waals surface area (Å²) >= 11 is 0. The molecule has 0 unspecified atom stereocenters. The standard InChI is InChI=1S/C17H18F3N/c1-3-8-21-10-13-9-12(5-7-14(13)18)16-15(19)6-4-11(2)17(16)20/h4-7,9,21H,3,8,10H2,1-2H3. The Balaban J connectivity index is 2.41. The van der Waals surface area contributed by atoms with E-state index >= 15 is 0 Å². The van der Waals surface area contributed by atoms with Crippen molar-refractivity contribution in [1.29, 1.82) is 0 Å². The average Bonchev–Trinajstić information content (AvgIpc) is 2.46. The minimum Gasteiger partial charge on any atom is -0.313 e. The summed E-state index contributed by atoms with van der Waals surface area (Å²) in [5.41, 5.74) is 1.01. The Kier molecular flexibility index (Phi) is 5.02. The summed E-state index contributed by atoms with van der Waals surface area (Å²) in [6.07, 6.45) is 0.933. The summed E-state index contributed by atoms with van der Waals surface area (Å²) in [6, 6.07) is 6.77. The molecule has 0 aliphatic heterocycles. The third-order valence-electron chi connectivity index (χ3n) is 3.36. The number of rotatable bonds is 5. The monoisotopic (exact) mass is 293 g/mol. The molecule has 21 heavy (non-hydrogen) atoms. The minimum atomic E-state index is -0.642. The van der Waals surface area contributed by atoms with Crippen molar-refractivity contribution in [3.63, 3.8) is 0 Å². The molecule has 0 radical (unpaired) electrons. The highest BCUT2D eigenvalue weighted by atomic mass is 19.1. The first-order valence-corrected chi connectivity index (χ1v) is 6.98. The summed E-state index contributed by atoms with van der Waals surface area (Å²) in [7, 11) is 0. The van der Waals surface area contributed by atoms with Gasteiger partial charge in [0, 0.05) is 12.1 Å². The van der Waals surface area contributed by atoms with Gasteiger partial charge < -0.3 is 5.32 Å². The van der Waals surface area contributed by atoms with E-state index < -0.39 is 11.6 Å². The summed E-state index contributed by atoms with van der Waals surface area (Å²) in [5.74, 6) is -1.62. The molecule has 0 aliphatic rings. The van der Waals surface area contributed by atoms with Crippen molar-refractivity contribution in [2.24, 2.45) is 0 Å². The second-order valence-electron chi connectivity index (χ2n) is 5.04. The largest absolute Gasteiger partial charge is 0.313 e. The van der Waals surface area contributed by atoms with Crippen LogP contribution in [0.5, 0.6) is 0 Å². The SMILES string of the molecule is CCCNCc1cc(-c2c(F)ccc(C)c2F)ccc1F. The van der Waals surface area contributed by atoms with Crippen LogP contribution >= 0.6 is 0 Å². The normalized spacial score (nSPS) is 10.9. The fourth-order valence-corrected chi connectivity index (χ4v) is 2.19. The number of halogens is 3. The molecule has 2 rings (SSSR count). The van der Waals surface area contributed by atoms with Gasteiger partial charge in [0.05, 0.1) is 5.56 Å². The van der Waals surface area contributed by atoms with Gasteiger partial charge in [0.15, 0.2) is 0 Å². The molecule has 4 heteroatoms. The molecule has 1 nitrogen and oxygen atoms in total. The van der Waals surface area contributed by atoms with Crippen LogP contribution in [0.4, 0.5) is 13.2 Å². The van der Waals surface area contributed by atoms with Crippen LogP contribution in [0.25, 0.3) is 11.1 Å². The fourth-order valence-electron chi connectivity index (χ4n) is 2.19. The van der Waals surface area contributed by atoms with E-state index in [0.29, 0.717) is 23.2 Å². The van der Waals surface area contributed by atoms with Gasteiger partial charge in [0.2, 0.25) is 0 Å². The Morgan fingerprint density at radius 1 is 1.00 bits per heavy atom. The van der Waals surface area contributed by atoms with Crippen molar-refractivity contribution in [2.45, 2.75) is 26.8 Å². The summed E-state index contributed by atoms with van der Waals surface area (Å²) in [5, 5.41) is 3.08. The number of nitrogens with one attached hydrogen (secondary N) is 1. The van der Waals surface area contributed by atoms with Crippen LogP contribution in [0.1, 0.15) is 24.5 Å². The van der Waals surface area contributed by atoms with Crippen LogP contribution in [0.15, 0.2) is 30.3 Å². The molecular weight excluding hydrogens is 275 g/mol. The molecule has 0 heterocycles. The van der Waals surface area contributed by atoms with Gasteiger partial charge in [-0.2, -0.15) is 0 Å². The second kappa shape index (κ2) is 6.76. The van der Waals surface area contributed by atoms with Crippen LogP contribution in [0.2, 0.25) is 0 Å². The molecule has 0 amide bonds. The Hall–Kier alpha value is -1.81. The van der Waals surface area contributed by atoms with Gasteiger partial charge in [0.25, 0.3) is 0 Å². The molecular formula is C17H18F3N. The first-order chi connectivity index (χ1) is 10.0. The summed E-state index contributed by atoms with van der Waals surface area (Å²) in [6.45, 7) is 4.68. The Labute approximate surface area is 122 Å². The molecule has 112 valence electrons. The van der Waals surface area contributed by atoms with E-state index in [1.54, 1.807) is 6.92 Å². The maximum absolute atomic E-state index is 14.1. The topological polar surface area (TPSA) is 12.0 Å². The van der Waals surface area contributed by atoms with Crippen molar-refractivity contribution in [1.82, 2.24) is 5.32 Å². The van der Waals surface area contributed by atoms with Gasteiger partial charge in [-0.15, -0.1) is 0 Å². The number of hydrogen-bond acceptors (Lipinski definition) is 1. The summed E-state index contributed by atoms with van der Waals surface area (Å²) < 4.78 is 41.8. The summed E-state index contributed by atoms with van der Waals surface area (Å²) in [4.78, 5) is 0. The van der Waals surface area contributed by atoms with Gasteiger partial charge in [-0.3, -0.25) is 0 Å². The van der Waals surface area contributed by atoms with E-state index in [0.717, 1.165) is 13.0 Å². The van der Waals surface area contributed by atoms with Crippen molar-refractivity contribution in [3.05, 3.63) is 58.9 Å². The maximum atomic E-state index is 14.1. The van der Waals surface area contributed by atoms with Crippen LogP contribution in [0, 0.1) is 24.4 Å². The third-order valence-corrected chi connectivity index (χ3v) is 3.36.